The molecule has 6 heteroatoms. The second-order valence-electron chi connectivity index (χ2n) is 3.92. The molecule has 0 saturated heterocycles. The minimum atomic E-state index is -0.898. The van der Waals surface area contributed by atoms with E-state index in [4.69, 9.17) is 4.74 Å². The van der Waals surface area contributed by atoms with Crippen LogP contribution in [-0.4, -0.2) is 16.1 Å². The zero-order valence-corrected chi connectivity index (χ0v) is 10.3. The third-order valence-corrected chi connectivity index (χ3v) is 2.55. The molecule has 0 bridgehead atoms. The quantitative estimate of drug-likeness (QED) is 0.781. The standard InChI is InChI=1S/C13H12F2N2O2/c1-2-17-6-10(5-16-17)8-19-13-11(14)3-9(7-18)4-12(13)15/h3-7H,2,8H2,1H3. The number of aryl methyl sites for hydroxylation is 1. The van der Waals surface area contributed by atoms with Gasteiger partial charge in [-0.15, -0.1) is 0 Å². The van der Waals surface area contributed by atoms with Gasteiger partial charge in [-0.25, -0.2) is 8.78 Å². The van der Waals surface area contributed by atoms with Gasteiger partial charge >= 0.3 is 0 Å². The molecule has 19 heavy (non-hydrogen) atoms. The Morgan fingerprint density at radius 2 is 2.05 bits per heavy atom. The highest BCUT2D eigenvalue weighted by molar-refractivity contribution is 5.75. The summed E-state index contributed by atoms with van der Waals surface area (Å²) in [7, 11) is 0. The molecular formula is C13H12F2N2O2. The Morgan fingerprint density at radius 3 is 2.58 bits per heavy atom. The van der Waals surface area contributed by atoms with Gasteiger partial charge in [0, 0.05) is 23.9 Å². The van der Waals surface area contributed by atoms with Crippen LogP contribution in [0.2, 0.25) is 0 Å². The maximum absolute atomic E-state index is 13.5. The van der Waals surface area contributed by atoms with Crippen molar-refractivity contribution in [3.63, 3.8) is 0 Å². The molecule has 1 aromatic carbocycles. The van der Waals surface area contributed by atoms with Crippen molar-refractivity contribution in [3.05, 3.63) is 47.3 Å². The average molecular weight is 266 g/mol. The summed E-state index contributed by atoms with van der Waals surface area (Å²) in [6, 6.07) is 1.86. The van der Waals surface area contributed by atoms with E-state index in [1.165, 1.54) is 0 Å². The maximum Gasteiger partial charge on any atom is 0.191 e. The van der Waals surface area contributed by atoms with Gasteiger partial charge in [0.2, 0.25) is 0 Å². The zero-order valence-electron chi connectivity index (χ0n) is 10.3. The summed E-state index contributed by atoms with van der Waals surface area (Å²) < 4.78 is 33.8. The predicted octanol–water partition coefficient (Wildman–Crippen LogP) is 2.57. The van der Waals surface area contributed by atoms with Gasteiger partial charge in [0.05, 0.1) is 6.20 Å². The van der Waals surface area contributed by atoms with E-state index in [0.29, 0.717) is 18.4 Å². The molecular weight excluding hydrogens is 254 g/mol. The molecule has 0 N–H and O–H groups in total. The fraction of sp³-hybridized carbons (Fsp3) is 0.231. The van der Waals surface area contributed by atoms with Crippen molar-refractivity contribution in [2.24, 2.45) is 0 Å². The number of hydrogen-bond acceptors (Lipinski definition) is 3. The fourth-order valence-electron chi connectivity index (χ4n) is 1.59. The second kappa shape index (κ2) is 5.60. The Hall–Kier alpha value is -2.24. The normalized spacial score (nSPS) is 10.5. The summed E-state index contributed by atoms with van der Waals surface area (Å²) in [6.07, 6.45) is 3.68. The highest BCUT2D eigenvalue weighted by atomic mass is 19.1. The average Bonchev–Trinajstić information content (AvgIpc) is 2.85. The summed E-state index contributed by atoms with van der Waals surface area (Å²) in [6.45, 7) is 2.64. The van der Waals surface area contributed by atoms with Crippen LogP contribution < -0.4 is 4.74 Å². The van der Waals surface area contributed by atoms with E-state index in [-0.39, 0.29) is 12.2 Å². The van der Waals surface area contributed by atoms with Crippen molar-refractivity contribution in [2.45, 2.75) is 20.1 Å². The molecule has 4 nitrogen and oxygen atoms in total. The first-order valence-corrected chi connectivity index (χ1v) is 5.72. The van der Waals surface area contributed by atoms with Crippen LogP contribution in [0.25, 0.3) is 0 Å². The number of hydrogen-bond donors (Lipinski definition) is 0. The van der Waals surface area contributed by atoms with Crippen LogP contribution in [0, 0.1) is 11.6 Å². The van der Waals surface area contributed by atoms with Crippen LogP contribution in [-0.2, 0) is 13.2 Å². The number of ether oxygens (including phenoxy) is 1. The minimum absolute atomic E-state index is 0.00821. The summed E-state index contributed by atoms with van der Waals surface area (Å²) in [5.41, 5.74) is 0.640. The number of carbonyl (C=O) groups excluding carboxylic acids is 1. The summed E-state index contributed by atoms with van der Waals surface area (Å²) in [5.74, 6) is -2.29. The third kappa shape index (κ3) is 2.96. The topological polar surface area (TPSA) is 44.1 Å². The molecule has 1 aromatic heterocycles. The Labute approximate surface area is 108 Å². The lowest BCUT2D eigenvalue weighted by atomic mass is 10.2. The van der Waals surface area contributed by atoms with Crippen molar-refractivity contribution in [3.8, 4) is 5.75 Å². The Morgan fingerprint density at radius 1 is 1.37 bits per heavy atom. The summed E-state index contributed by atoms with van der Waals surface area (Å²) in [4.78, 5) is 10.5. The predicted molar refractivity (Wildman–Crippen MR) is 64.0 cm³/mol. The van der Waals surface area contributed by atoms with E-state index in [0.717, 1.165) is 12.1 Å². The van der Waals surface area contributed by atoms with Crippen molar-refractivity contribution in [1.29, 1.82) is 0 Å². The SMILES string of the molecule is CCn1cc(COc2c(F)cc(C=O)cc2F)cn1. The van der Waals surface area contributed by atoms with E-state index in [1.807, 2.05) is 6.92 Å². The third-order valence-electron chi connectivity index (χ3n) is 2.55. The molecule has 2 aromatic rings. The minimum Gasteiger partial charge on any atom is -0.483 e. The monoisotopic (exact) mass is 266 g/mol. The molecule has 0 atom stereocenters. The number of carbonyl (C=O) groups is 1. The van der Waals surface area contributed by atoms with Gasteiger partial charge in [0.25, 0.3) is 0 Å². The van der Waals surface area contributed by atoms with Crippen molar-refractivity contribution in [2.75, 3.05) is 0 Å². The Balaban J connectivity index is 2.13. The molecule has 0 spiro atoms. The molecule has 0 aliphatic rings. The molecule has 2 rings (SSSR count). The van der Waals surface area contributed by atoms with Crippen LogP contribution in [0.4, 0.5) is 8.78 Å². The van der Waals surface area contributed by atoms with Gasteiger partial charge in [0.15, 0.2) is 17.4 Å². The van der Waals surface area contributed by atoms with Gasteiger partial charge in [-0.3, -0.25) is 9.48 Å². The van der Waals surface area contributed by atoms with Gasteiger partial charge in [-0.05, 0) is 19.1 Å². The maximum atomic E-state index is 13.5. The van der Waals surface area contributed by atoms with Crippen LogP contribution in [0.5, 0.6) is 5.75 Å². The van der Waals surface area contributed by atoms with E-state index >= 15 is 0 Å². The van der Waals surface area contributed by atoms with Crippen molar-refractivity contribution < 1.29 is 18.3 Å². The first-order chi connectivity index (χ1) is 9.13. The van der Waals surface area contributed by atoms with Crippen molar-refractivity contribution >= 4 is 6.29 Å². The van der Waals surface area contributed by atoms with Gasteiger partial charge in [0.1, 0.15) is 12.9 Å². The molecule has 0 aliphatic heterocycles. The van der Waals surface area contributed by atoms with Gasteiger partial charge in [-0.2, -0.15) is 5.10 Å². The number of nitrogens with zero attached hydrogens (tertiary/aromatic N) is 2. The number of aromatic nitrogens is 2. The van der Waals surface area contributed by atoms with Gasteiger partial charge < -0.3 is 4.74 Å². The molecule has 0 radical (unpaired) electrons. The molecule has 0 unspecified atom stereocenters. The van der Waals surface area contributed by atoms with Crippen LogP contribution in [0.3, 0.4) is 0 Å². The van der Waals surface area contributed by atoms with Crippen LogP contribution >= 0.6 is 0 Å². The molecule has 0 amide bonds. The highest BCUT2D eigenvalue weighted by Gasteiger charge is 2.13. The van der Waals surface area contributed by atoms with Crippen molar-refractivity contribution in [1.82, 2.24) is 9.78 Å². The van der Waals surface area contributed by atoms with E-state index in [1.54, 1.807) is 17.1 Å². The lowest BCUT2D eigenvalue weighted by molar-refractivity contribution is 0.112. The Kier molecular flexibility index (Phi) is 3.89. The lowest BCUT2D eigenvalue weighted by Gasteiger charge is -2.07. The first kappa shape index (κ1) is 13.2. The summed E-state index contributed by atoms with van der Waals surface area (Å²) >= 11 is 0. The number of aldehydes is 1. The Bertz CT molecular complexity index is 573. The number of benzene rings is 1. The molecule has 1 heterocycles. The first-order valence-electron chi connectivity index (χ1n) is 5.72. The lowest BCUT2D eigenvalue weighted by Crippen LogP contribution is -2.00. The smallest absolute Gasteiger partial charge is 0.191 e. The number of rotatable bonds is 5. The fourth-order valence-corrected chi connectivity index (χ4v) is 1.59. The largest absolute Gasteiger partial charge is 0.483 e. The van der Waals surface area contributed by atoms with E-state index in [2.05, 4.69) is 5.10 Å². The summed E-state index contributed by atoms with van der Waals surface area (Å²) in [5, 5.41) is 4.02. The number of halogens is 2. The molecule has 0 aliphatic carbocycles. The highest BCUT2D eigenvalue weighted by Crippen LogP contribution is 2.23. The molecule has 0 saturated carbocycles. The van der Waals surface area contributed by atoms with E-state index in [9.17, 15) is 13.6 Å². The zero-order chi connectivity index (χ0) is 13.8. The van der Waals surface area contributed by atoms with Crippen LogP contribution in [0.1, 0.15) is 22.8 Å². The molecule has 0 fully saturated rings. The van der Waals surface area contributed by atoms with Gasteiger partial charge in [-0.1, -0.05) is 0 Å². The second-order valence-corrected chi connectivity index (χ2v) is 3.92. The molecule has 100 valence electrons. The van der Waals surface area contributed by atoms with Crippen LogP contribution in [0.15, 0.2) is 24.5 Å². The van der Waals surface area contributed by atoms with E-state index < -0.39 is 17.4 Å².